The molecule has 8 heterocycles. The van der Waals surface area contributed by atoms with Crippen molar-refractivity contribution in [2.24, 2.45) is 14.1 Å². The number of fused-ring (bicyclic) bond motifs is 2. The van der Waals surface area contributed by atoms with Crippen LogP contribution in [-0.2, 0) is 23.6 Å². The van der Waals surface area contributed by atoms with Gasteiger partial charge in [0.15, 0.2) is 18.3 Å². The quantitative estimate of drug-likeness (QED) is 0.0846. The molecular formula is C29H40N16O8. The van der Waals surface area contributed by atoms with E-state index < -0.39 is 61.3 Å². The van der Waals surface area contributed by atoms with Crippen LogP contribution in [0.2, 0.25) is 0 Å². The van der Waals surface area contributed by atoms with Crippen LogP contribution in [0, 0.1) is 0 Å². The van der Waals surface area contributed by atoms with E-state index in [9.17, 15) is 30.6 Å². The Morgan fingerprint density at radius 3 is 1.66 bits per heavy atom. The van der Waals surface area contributed by atoms with Gasteiger partial charge >= 0.3 is 0 Å². The summed E-state index contributed by atoms with van der Waals surface area (Å²) in [6, 6.07) is 0. The highest BCUT2D eigenvalue weighted by molar-refractivity contribution is 6.00. The van der Waals surface area contributed by atoms with Crippen molar-refractivity contribution in [2.75, 3.05) is 24.7 Å². The van der Waals surface area contributed by atoms with E-state index in [1.807, 2.05) is 0 Å². The Balaban J connectivity index is 0.000000178. The third-order valence-corrected chi connectivity index (χ3v) is 9.26. The van der Waals surface area contributed by atoms with Crippen molar-refractivity contribution in [1.82, 2.24) is 69.5 Å². The number of aliphatic hydroxyl groups excluding tert-OH is 4. The SMILES string of the molecule is C.Cn1nnc(-c2cn([C@@H]3O[C@H](CO)[C@@H](O)[C@@]3(C)O)c3ncnc(N)c23)n1.Cn1nnnc1-c1cn([C@@H]2O[C@H](CO)[C@@H](O)[C@@]2(C)O)c2ncnc(N)c12. The standard InChI is InChI=1S/2C14H18N8O4.CH4/c1-14(25)9(24)7(4-23)26-13(14)22-3-6(11-18-19-20-21(11)2)8-10(15)16-5-17-12(8)22;1-14(25)9(24)7(4-23)26-13(14)22-3-6(11-18-20-21(2)19-11)8-10(15)16-5-17-12(8)22;/h2*3,5,7,9,13,23-25H,4H2,1-2H3,(H2,15,16,17);1H4/t2*7-,9-,13-,14-;/m11./s1. The summed E-state index contributed by atoms with van der Waals surface area (Å²) >= 11 is 0. The van der Waals surface area contributed by atoms with Crippen LogP contribution >= 0.6 is 0 Å². The van der Waals surface area contributed by atoms with Crippen LogP contribution in [0.25, 0.3) is 44.8 Å². The Labute approximate surface area is 299 Å². The van der Waals surface area contributed by atoms with E-state index in [0.717, 1.165) is 0 Å². The highest BCUT2D eigenvalue weighted by Crippen LogP contribution is 2.43. The molecule has 10 N–H and O–H groups in total. The van der Waals surface area contributed by atoms with Crippen molar-refractivity contribution < 1.29 is 40.1 Å². The summed E-state index contributed by atoms with van der Waals surface area (Å²) in [6.45, 7) is 1.97. The van der Waals surface area contributed by atoms with E-state index in [0.29, 0.717) is 44.8 Å². The molecule has 0 aromatic carbocycles. The number of nitrogens with two attached hydrogens (primary N) is 2. The number of aryl methyl sites for hydroxylation is 2. The molecule has 53 heavy (non-hydrogen) atoms. The number of hydrogen-bond donors (Lipinski definition) is 8. The number of tetrazole rings is 2. The van der Waals surface area contributed by atoms with Gasteiger partial charge in [0, 0.05) is 19.4 Å². The molecule has 0 spiro atoms. The molecule has 2 fully saturated rings. The molecule has 0 radical (unpaired) electrons. The van der Waals surface area contributed by atoms with Crippen LogP contribution in [0.15, 0.2) is 25.0 Å². The Morgan fingerprint density at radius 2 is 1.25 bits per heavy atom. The first kappa shape index (κ1) is 37.4. The fraction of sp³-hybridized carbons (Fsp3) is 0.517. The van der Waals surface area contributed by atoms with Gasteiger partial charge in [-0.3, -0.25) is 0 Å². The number of anilines is 2. The third kappa shape index (κ3) is 5.89. The second kappa shape index (κ2) is 13.6. The van der Waals surface area contributed by atoms with Gasteiger partial charge in [-0.1, -0.05) is 7.43 Å². The molecular weight excluding hydrogens is 700 g/mol. The first-order valence-corrected chi connectivity index (χ1v) is 15.7. The highest BCUT2D eigenvalue weighted by Gasteiger charge is 2.54. The number of nitrogens with zero attached hydrogens (tertiary/aromatic N) is 14. The van der Waals surface area contributed by atoms with Gasteiger partial charge in [-0.05, 0) is 29.5 Å². The second-order valence-corrected chi connectivity index (χ2v) is 12.8. The topological polar surface area (TPSA) is 340 Å². The van der Waals surface area contributed by atoms with E-state index in [-0.39, 0.29) is 19.1 Å². The summed E-state index contributed by atoms with van der Waals surface area (Å²) in [5, 5.41) is 85.2. The van der Waals surface area contributed by atoms with Gasteiger partial charge in [0.25, 0.3) is 0 Å². The molecule has 24 nitrogen and oxygen atoms in total. The molecule has 6 aromatic heterocycles. The molecule has 0 aliphatic carbocycles. The zero-order chi connectivity index (χ0) is 37.3. The molecule has 0 saturated carbocycles. The fourth-order valence-electron chi connectivity index (χ4n) is 6.54. The van der Waals surface area contributed by atoms with Crippen LogP contribution in [0.3, 0.4) is 0 Å². The average Bonchev–Trinajstić information content (AvgIpc) is 3.95. The zero-order valence-electron chi connectivity index (χ0n) is 28.1. The van der Waals surface area contributed by atoms with E-state index >= 15 is 0 Å². The van der Waals surface area contributed by atoms with Gasteiger partial charge in [0.2, 0.25) is 5.82 Å². The van der Waals surface area contributed by atoms with Crippen LogP contribution < -0.4 is 11.5 Å². The van der Waals surface area contributed by atoms with E-state index in [1.165, 1.54) is 45.1 Å². The van der Waals surface area contributed by atoms with Gasteiger partial charge in [-0.15, -0.1) is 15.3 Å². The largest absolute Gasteiger partial charge is 0.394 e. The molecule has 6 aromatic rings. The fourth-order valence-corrected chi connectivity index (χ4v) is 6.54. The third-order valence-electron chi connectivity index (χ3n) is 9.26. The maximum absolute atomic E-state index is 10.8. The lowest BCUT2D eigenvalue weighted by Gasteiger charge is -2.27. The van der Waals surface area contributed by atoms with Crippen LogP contribution in [0.5, 0.6) is 0 Å². The summed E-state index contributed by atoms with van der Waals surface area (Å²) < 4.78 is 15.9. The van der Waals surface area contributed by atoms with Crippen molar-refractivity contribution in [3.8, 4) is 22.8 Å². The Hall–Kier alpha value is -5.34. The van der Waals surface area contributed by atoms with Crippen molar-refractivity contribution in [3.05, 3.63) is 25.0 Å². The van der Waals surface area contributed by atoms with Crippen LogP contribution in [-0.4, -0.2) is 149 Å². The summed E-state index contributed by atoms with van der Waals surface area (Å²) in [6.07, 6.45) is -0.663. The molecule has 2 aliphatic heterocycles. The van der Waals surface area contributed by atoms with E-state index in [1.54, 1.807) is 26.5 Å². The summed E-state index contributed by atoms with van der Waals surface area (Å²) in [7, 11) is 3.30. The number of aliphatic hydroxyl groups is 6. The first-order chi connectivity index (χ1) is 24.7. The molecule has 24 heteroatoms. The lowest BCUT2D eigenvalue weighted by Crippen LogP contribution is -2.44. The Kier molecular flexibility index (Phi) is 9.58. The van der Waals surface area contributed by atoms with Gasteiger partial charge < -0.3 is 60.7 Å². The smallest absolute Gasteiger partial charge is 0.207 e. The lowest BCUT2D eigenvalue weighted by atomic mass is 9.96. The molecule has 0 bridgehead atoms. The molecule has 284 valence electrons. The zero-order valence-corrected chi connectivity index (χ0v) is 28.1. The number of rotatable bonds is 6. The van der Waals surface area contributed by atoms with Crippen molar-refractivity contribution in [1.29, 1.82) is 0 Å². The number of hydrogen-bond acceptors (Lipinski definition) is 20. The maximum Gasteiger partial charge on any atom is 0.207 e. The Morgan fingerprint density at radius 1 is 0.755 bits per heavy atom. The van der Waals surface area contributed by atoms with Crippen LogP contribution in [0.1, 0.15) is 33.7 Å². The minimum absolute atomic E-state index is 0. The van der Waals surface area contributed by atoms with Gasteiger partial charge in [0.1, 0.15) is 71.2 Å². The monoisotopic (exact) mass is 740 g/mol. The minimum Gasteiger partial charge on any atom is -0.394 e. The van der Waals surface area contributed by atoms with Crippen LogP contribution in [0.4, 0.5) is 11.6 Å². The normalized spacial score (nSPS) is 28.3. The first-order valence-electron chi connectivity index (χ1n) is 15.7. The van der Waals surface area contributed by atoms with Gasteiger partial charge in [-0.2, -0.15) is 4.80 Å². The number of ether oxygens (including phenoxy) is 2. The molecule has 2 saturated heterocycles. The Bertz CT molecular complexity index is 2250. The van der Waals surface area contributed by atoms with Gasteiger partial charge in [0.05, 0.1) is 42.2 Å². The molecule has 8 rings (SSSR count). The molecule has 2 aliphatic rings. The highest BCUT2D eigenvalue weighted by atomic mass is 16.6. The minimum atomic E-state index is -1.67. The lowest BCUT2D eigenvalue weighted by molar-refractivity contribution is -0.0948. The van der Waals surface area contributed by atoms with E-state index in [4.69, 9.17) is 20.9 Å². The summed E-state index contributed by atoms with van der Waals surface area (Å²) in [5.41, 5.74) is 10.5. The van der Waals surface area contributed by atoms with Crippen molar-refractivity contribution >= 4 is 33.7 Å². The molecule has 8 atom stereocenters. The van der Waals surface area contributed by atoms with Crippen molar-refractivity contribution in [2.45, 2.75) is 69.3 Å². The number of aromatic nitrogens is 14. The van der Waals surface area contributed by atoms with Gasteiger partial charge in [-0.25, -0.2) is 24.6 Å². The van der Waals surface area contributed by atoms with Crippen molar-refractivity contribution in [3.63, 3.8) is 0 Å². The molecule has 0 amide bonds. The van der Waals surface area contributed by atoms with E-state index in [2.05, 4.69) is 50.9 Å². The molecule has 0 unspecified atom stereocenters. The second-order valence-electron chi connectivity index (χ2n) is 12.8. The predicted molar refractivity (Wildman–Crippen MR) is 181 cm³/mol. The maximum atomic E-state index is 10.8. The summed E-state index contributed by atoms with van der Waals surface area (Å²) in [5.74, 6) is 1.14. The average molecular weight is 741 g/mol. The predicted octanol–water partition coefficient (Wildman–Crippen LogP) is -2.95. The summed E-state index contributed by atoms with van der Waals surface area (Å²) in [4.78, 5) is 17.8. The number of nitrogen functional groups attached to an aromatic ring is 2.